The second-order valence-corrected chi connectivity index (χ2v) is 2.21. The van der Waals surface area contributed by atoms with Gasteiger partial charge in [-0.3, -0.25) is 0 Å². The van der Waals surface area contributed by atoms with Crippen molar-refractivity contribution in [3.63, 3.8) is 0 Å². The highest BCUT2D eigenvalue weighted by molar-refractivity contribution is 5.63. The van der Waals surface area contributed by atoms with Gasteiger partial charge in [-0.15, -0.1) is 0 Å². The first-order valence-electron chi connectivity index (χ1n) is 3.39. The molecule has 0 spiro atoms. The summed E-state index contributed by atoms with van der Waals surface area (Å²) in [5, 5.41) is 18.4. The minimum Gasteiger partial charge on any atom is -0.507 e. The third-order valence-corrected chi connectivity index (χ3v) is 1.39. The fraction of sp³-hybridized carbons (Fsp3) is 0.111. The normalized spacial score (nSPS) is 10.6. The molecule has 0 fully saturated rings. The van der Waals surface area contributed by atoms with E-state index >= 15 is 0 Å². The Morgan fingerprint density at radius 3 is 2.18 bits per heavy atom. The first-order chi connectivity index (χ1) is 5.25. The Kier molecular flexibility index (Phi) is 2.16. The second kappa shape index (κ2) is 3.10. The number of hydrogen-bond acceptors (Lipinski definition) is 2. The number of allylic oxidation sites excluding steroid dienone is 1. The Labute approximate surface area is 65.4 Å². The molecule has 0 aliphatic heterocycles. The molecule has 0 radical (unpaired) electrons. The van der Waals surface area contributed by atoms with Gasteiger partial charge in [0.2, 0.25) is 0 Å². The summed E-state index contributed by atoms with van der Waals surface area (Å²) in [7, 11) is 0. The Balaban J connectivity index is 3.20. The molecule has 0 heterocycles. The standard InChI is InChI=1S/C9H10O2/c1-2-4-7-8(10)5-3-6-9(7)11/h2-6,10-11H,1H3. The van der Waals surface area contributed by atoms with Crippen LogP contribution in [0.25, 0.3) is 6.08 Å². The monoisotopic (exact) mass is 150 g/mol. The molecule has 0 atom stereocenters. The van der Waals surface area contributed by atoms with Gasteiger partial charge in [0.05, 0.1) is 5.56 Å². The number of phenols is 2. The zero-order valence-electron chi connectivity index (χ0n) is 6.28. The molecule has 0 aromatic heterocycles. The Hall–Kier alpha value is -1.44. The molecule has 0 saturated carbocycles. The van der Waals surface area contributed by atoms with E-state index in [-0.39, 0.29) is 11.5 Å². The average Bonchev–Trinajstić information content (AvgIpc) is 1.97. The third-order valence-electron chi connectivity index (χ3n) is 1.39. The molecular weight excluding hydrogens is 140 g/mol. The SMILES string of the molecule is CC=Cc1c(O)cccc1O. The van der Waals surface area contributed by atoms with Crippen LogP contribution >= 0.6 is 0 Å². The summed E-state index contributed by atoms with van der Waals surface area (Å²) in [6, 6.07) is 4.67. The summed E-state index contributed by atoms with van der Waals surface area (Å²) >= 11 is 0. The van der Waals surface area contributed by atoms with Crippen LogP contribution in [0.2, 0.25) is 0 Å². The maximum absolute atomic E-state index is 9.21. The maximum Gasteiger partial charge on any atom is 0.126 e. The van der Waals surface area contributed by atoms with E-state index in [2.05, 4.69) is 0 Å². The summed E-state index contributed by atoms with van der Waals surface area (Å²) in [6.45, 7) is 1.83. The first kappa shape index (κ1) is 7.66. The topological polar surface area (TPSA) is 40.5 Å². The van der Waals surface area contributed by atoms with Gasteiger partial charge < -0.3 is 10.2 Å². The number of hydrogen-bond donors (Lipinski definition) is 2. The fourth-order valence-corrected chi connectivity index (χ4v) is 0.879. The van der Waals surface area contributed by atoms with Crippen molar-refractivity contribution in [2.45, 2.75) is 6.92 Å². The van der Waals surface area contributed by atoms with Gasteiger partial charge in [0.1, 0.15) is 11.5 Å². The molecule has 11 heavy (non-hydrogen) atoms. The van der Waals surface area contributed by atoms with Crippen LogP contribution in [0.1, 0.15) is 12.5 Å². The number of benzene rings is 1. The predicted molar refractivity (Wildman–Crippen MR) is 44.5 cm³/mol. The summed E-state index contributed by atoms with van der Waals surface area (Å²) in [5.74, 6) is 0.200. The zero-order valence-corrected chi connectivity index (χ0v) is 6.28. The van der Waals surface area contributed by atoms with Crippen molar-refractivity contribution in [3.8, 4) is 11.5 Å². The van der Waals surface area contributed by atoms with Crippen molar-refractivity contribution < 1.29 is 10.2 Å². The van der Waals surface area contributed by atoms with E-state index in [4.69, 9.17) is 0 Å². The molecule has 2 nitrogen and oxygen atoms in total. The Morgan fingerprint density at radius 1 is 1.18 bits per heavy atom. The van der Waals surface area contributed by atoms with E-state index in [1.54, 1.807) is 18.2 Å². The lowest BCUT2D eigenvalue weighted by atomic mass is 10.1. The molecule has 1 aromatic carbocycles. The largest absolute Gasteiger partial charge is 0.507 e. The van der Waals surface area contributed by atoms with Crippen molar-refractivity contribution in [2.24, 2.45) is 0 Å². The summed E-state index contributed by atoms with van der Waals surface area (Å²) < 4.78 is 0. The Bertz CT molecular complexity index is 257. The van der Waals surface area contributed by atoms with E-state index in [9.17, 15) is 10.2 Å². The molecular formula is C9H10O2. The zero-order chi connectivity index (χ0) is 8.27. The van der Waals surface area contributed by atoms with E-state index in [1.807, 2.05) is 6.92 Å². The smallest absolute Gasteiger partial charge is 0.126 e. The van der Waals surface area contributed by atoms with Gasteiger partial charge in [0.15, 0.2) is 0 Å². The quantitative estimate of drug-likeness (QED) is 0.643. The molecule has 0 saturated heterocycles. The number of phenolic OH excluding ortho intramolecular Hbond substituents is 2. The van der Waals surface area contributed by atoms with Crippen LogP contribution in [0, 0.1) is 0 Å². The highest BCUT2D eigenvalue weighted by atomic mass is 16.3. The van der Waals surface area contributed by atoms with Crippen molar-refractivity contribution in [1.29, 1.82) is 0 Å². The van der Waals surface area contributed by atoms with Crippen molar-refractivity contribution in [1.82, 2.24) is 0 Å². The van der Waals surface area contributed by atoms with Gasteiger partial charge in [0.25, 0.3) is 0 Å². The lowest BCUT2D eigenvalue weighted by Crippen LogP contribution is -1.74. The van der Waals surface area contributed by atoms with E-state index < -0.39 is 0 Å². The molecule has 0 amide bonds. The van der Waals surface area contributed by atoms with Crippen LogP contribution in [-0.2, 0) is 0 Å². The molecule has 1 aromatic rings. The maximum atomic E-state index is 9.21. The van der Waals surface area contributed by atoms with Crippen molar-refractivity contribution in [2.75, 3.05) is 0 Å². The molecule has 58 valence electrons. The van der Waals surface area contributed by atoms with E-state index in [0.717, 1.165) is 0 Å². The van der Waals surface area contributed by atoms with Crippen LogP contribution in [0.4, 0.5) is 0 Å². The minimum absolute atomic E-state index is 0.100. The molecule has 2 N–H and O–H groups in total. The highest BCUT2D eigenvalue weighted by Crippen LogP contribution is 2.27. The molecule has 0 aliphatic carbocycles. The van der Waals surface area contributed by atoms with Gasteiger partial charge in [-0.25, -0.2) is 0 Å². The summed E-state index contributed by atoms with van der Waals surface area (Å²) in [6.07, 6.45) is 3.42. The van der Waals surface area contributed by atoms with E-state index in [0.29, 0.717) is 5.56 Å². The number of aromatic hydroxyl groups is 2. The highest BCUT2D eigenvalue weighted by Gasteiger charge is 2.00. The molecule has 2 heteroatoms. The summed E-state index contributed by atoms with van der Waals surface area (Å²) in [5.41, 5.74) is 0.468. The molecule has 1 rings (SSSR count). The van der Waals surface area contributed by atoms with Crippen LogP contribution < -0.4 is 0 Å². The van der Waals surface area contributed by atoms with Gasteiger partial charge in [-0.05, 0) is 19.1 Å². The van der Waals surface area contributed by atoms with Crippen LogP contribution in [0.5, 0.6) is 11.5 Å². The first-order valence-corrected chi connectivity index (χ1v) is 3.39. The van der Waals surface area contributed by atoms with Crippen LogP contribution in [0.3, 0.4) is 0 Å². The average molecular weight is 150 g/mol. The van der Waals surface area contributed by atoms with Gasteiger partial charge in [0, 0.05) is 0 Å². The third kappa shape index (κ3) is 1.52. The van der Waals surface area contributed by atoms with Gasteiger partial charge >= 0.3 is 0 Å². The minimum atomic E-state index is 0.100. The predicted octanol–water partition coefficient (Wildman–Crippen LogP) is 2.13. The lowest BCUT2D eigenvalue weighted by Gasteiger charge is -2.00. The Morgan fingerprint density at radius 2 is 1.73 bits per heavy atom. The van der Waals surface area contributed by atoms with Crippen LogP contribution in [0.15, 0.2) is 24.3 Å². The molecule has 0 bridgehead atoms. The fourth-order valence-electron chi connectivity index (χ4n) is 0.879. The van der Waals surface area contributed by atoms with Gasteiger partial charge in [-0.1, -0.05) is 18.2 Å². The van der Waals surface area contributed by atoms with Gasteiger partial charge in [-0.2, -0.15) is 0 Å². The molecule has 0 unspecified atom stereocenters. The number of rotatable bonds is 1. The van der Waals surface area contributed by atoms with Crippen LogP contribution in [-0.4, -0.2) is 10.2 Å². The van der Waals surface area contributed by atoms with Crippen molar-refractivity contribution >= 4 is 6.08 Å². The van der Waals surface area contributed by atoms with Crippen molar-refractivity contribution in [3.05, 3.63) is 29.8 Å². The summed E-state index contributed by atoms with van der Waals surface area (Å²) in [4.78, 5) is 0. The van der Waals surface area contributed by atoms with E-state index in [1.165, 1.54) is 12.1 Å². The molecule has 0 aliphatic rings. The second-order valence-electron chi connectivity index (χ2n) is 2.21. The lowest BCUT2D eigenvalue weighted by molar-refractivity contribution is 0.448.